The van der Waals surface area contributed by atoms with E-state index in [1.54, 1.807) is 18.3 Å². The summed E-state index contributed by atoms with van der Waals surface area (Å²) in [5.74, 6) is 0.701. The maximum absolute atomic E-state index is 12.5. The van der Waals surface area contributed by atoms with Gasteiger partial charge in [0.2, 0.25) is 0 Å². The van der Waals surface area contributed by atoms with Crippen LogP contribution in [0, 0.1) is 0 Å². The molecule has 1 aliphatic heterocycles. The minimum Gasteiger partial charge on any atom is -0.385 e. The van der Waals surface area contributed by atoms with Gasteiger partial charge in [-0.2, -0.15) is 0 Å². The Bertz CT molecular complexity index is 721. The van der Waals surface area contributed by atoms with Crippen molar-refractivity contribution in [3.63, 3.8) is 0 Å². The van der Waals surface area contributed by atoms with Crippen molar-refractivity contribution in [2.75, 3.05) is 26.8 Å². The molecule has 2 amide bonds. The monoisotopic (exact) mass is 359 g/mol. The Hall–Kier alpha value is -2.45. The van der Waals surface area contributed by atoms with Crippen LogP contribution in [0.4, 0.5) is 4.79 Å². The van der Waals surface area contributed by atoms with Crippen LogP contribution in [0.3, 0.4) is 0 Å². The number of aliphatic hydroxyl groups is 1. The Morgan fingerprint density at radius 3 is 2.96 bits per heavy atom. The molecule has 2 N–H and O–H groups in total. The van der Waals surface area contributed by atoms with Gasteiger partial charge in [0.25, 0.3) is 0 Å². The second-order valence-electron chi connectivity index (χ2n) is 6.51. The molecule has 0 radical (unpaired) electrons. The lowest BCUT2D eigenvalue weighted by Gasteiger charge is -2.24. The molecule has 2 heterocycles. The van der Waals surface area contributed by atoms with E-state index in [0.29, 0.717) is 31.9 Å². The number of aromatic nitrogens is 3. The lowest BCUT2D eigenvalue weighted by molar-refractivity contribution is 0.0494. The summed E-state index contributed by atoms with van der Waals surface area (Å²) in [6, 6.07) is 9.28. The van der Waals surface area contributed by atoms with Crippen molar-refractivity contribution in [1.82, 2.24) is 25.0 Å². The van der Waals surface area contributed by atoms with Crippen LogP contribution in [-0.4, -0.2) is 57.6 Å². The molecule has 8 nitrogen and oxygen atoms in total. The van der Waals surface area contributed by atoms with Gasteiger partial charge in [-0.25, -0.2) is 4.79 Å². The molecule has 1 aliphatic rings. The molecule has 1 saturated heterocycles. The molecule has 1 aromatic heterocycles. The third-order valence-corrected chi connectivity index (χ3v) is 4.69. The Morgan fingerprint density at radius 1 is 1.38 bits per heavy atom. The zero-order chi connectivity index (χ0) is 18.4. The number of likely N-dealkylation sites (tertiary alicyclic amines) is 1. The first-order chi connectivity index (χ1) is 12.6. The first-order valence-electron chi connectivity index (χ1n) is 8.79. The van der Waals surface area contributed by atoms with E-state index in [1.165, 1.54) is 0 Å². The highest BCUT2D eigenvalue weighted by molar-refractivity contribution is 5.74. The van der Waals surface area contributed by atoms with Crippen molar-refractivity contribution >= 4 is 6.03 Å². The van der Waals surface area contributed by atoms with Gasteiger partial charge in [0, 0.05) is 26.8 Å². The molecular formula is C18H25N5O3. The van der Waals surface area contributed by atoms with Gasteiger partial charge in [-0.1, -0.05) is 30.3 Å². The van der Waals surface area contributed by atoms with E-state index >= 15 is 0 Å². The van der Waals surface area contributed by atoms with E-state index in [9.17, 15) is 9.90 Å². The fraction of sp³-hybridized carbons (Fsp3) is 0.500. The van der Waals surface area contributed by atoms with Crippen LogP contribution in [-0.2, 0) is 23.4 Å². The summed E-state index contributed by atoms with van der Waals surface area (Å²) < 4.78 is 6.95. The number of carbonyl (C=O) groups excluding carboxylic acids is 1. The van der Waals surface area contributed by atoms with Crippen LogP contribution < -0.4 is 5.32 Å². The molecule has 1 atom stereocenters. The number of benzene rings is 1. The fourth-order valence-electron chi connectivity index (χ4n) is 3.20. The van der Waals surface area contributed by atoms with Crippen molar-refractivity contribution in [3.05, 3.63) is 48.0 Å². The number of rotatable bonds is 7. The molecule has 1 aromatic carbocycles. The molecule has 1 unspecified atom stereocenters. The number of methoxy groups -OCH3 is 1. The quantitative estimate of drug-likeness (QED) is 0.723. The number of nitrogens with zero attached hydrogens (tertiary/aromatic N) is 4. The maximum Gasteiger partial charge on any atom is 0.317 e. The van der Waals surface area contributed by atoms with Crippen LogP contribution in [0.25, 0.3) is 0 Å². The van der Waals surface area contributed by atoms with Gasteiger partial charge in [0.15, 0.2) is 5.82 Å². The Balaban J connectivity index is 1.53. The van der Waals surface area contributed by atoms with Gasteiger partial charge in [0.05, 0.1) is 13.1 Å². The smallest absolute Gasteiger partial charge is 0.317 e. The predicted octanol–water partition coefficient (Wildman–Crippen LogP) is 1.12. The lowest BCUT2D eigenvalue weighted by Crippen LogP contribution is -2.40. The molecule has 8 heteroatoms. The normalized spacial score (nSPS) is 19.7. The largest absolute Gasteiger partial charge is 0.385 e. The third kappa shape index (κ3) is 4.20. The van der Waals surface area contributed by atoms with E-state index < -0.39 is 5.60 Å². The average Bonchev–Trinajstić information content (AvgIpc) is 3.28. The number of ether oxygens (including phenoxy) is 1. The Morgan fingerprint density at radius 2 is 2.19 bits per heavy atom. The predicted molar refractivity (Wildman–Crippen MR) is 95.3 cm³/mol. The zero-order valence-electron chi connectivity index (χ0n) is 15.0. The van der Waals surface area contributed by atoms with E-state index in [1.807, 2.05) is 34.9 Å². The SMILES string of the molecule is COCCCn1cnnc1CNC(=O)N1CCC(O)(c2ccccc2)C1. The van der Waals surface area contributed by atoms with Crippen molar-refractivity contribution < 1.29 is 14.6 Å². The van der Waals surface area contributed by atoms with E-state index in [2.05, 4.69) is 15.5 Å². The molecule has 0 bridgehead atoms. The fourth-order valence-corrected chi connectivity index (χ4v) is 3.20. The summed E-state index contributed by atoms with van der Waals surface area (Å²) >= 11 is 0. The second kappa shape index (κ2) is 8.29. The molecule has 26 heavy (non-hydrogen) atoms. The summed E-state index contributed by atoms with van der Waals surface area (Å²) in [5.41, 5.74) is -0.146. The molecule has 0 saturated carbocycles. The van der Waals surface area contributed by atoms with Gasteiger partial charge in [-0.3, -0.25) is 0 Å². The lowest BCUT2D eigenvalue weighted by atomic mass is 9.93. The van der Waals surface area contributed by atoms with Crippen LogP contribution in [0.5, 0.6) is 0 Å². The number of aryl methyl sites for hydroxylation is 1. The summed E-state index contributed by atoms with van der Waals surface area (Å²) in [4.78, 5) is 14.1. The molecular weight excluding hydrogens is 334 g/mol. The number of nitrogens with one attached hydrogen (secondary N) is 1. The Labute approximate surface area is 152 Å². The van der Waals surface area contributed by atoms with Crippen LogP contribution in [0.1, 0.15) is 24.2 Å². The van der Waals surface area contributed by atoms with Gasteiger partial charge in [0.1, 0.15) is 11.9 Å². The molecule has 2 aromatic rings. The third-order valence-electron chi connectivity index (χ3n) is 4.69. The van der Waals surface area contributed by atoms with Crippen molar-refractivity contribution in [2.24, 2.45) is 0 Å². The highest BCUT2D eigenvalue weighted by atomic mass is 16.5. The summed E-state index contributed by atoms with van der Waals surface area (Å²) in [6.07, 6.45) is 3.03. The van der Waals surface area contributed by atoms with Crippen LogP contribution in [0.2, 0.25) is 0 Å². The van der Waals surface area contributed by atoms with E-state index in [-0.39, 0.29) is 12.6 Å². The highest BCUT2D eigenvalue weighted by Gasteiger charge is 2.39. The zero-order valence-corrected chi connectivity index (χ0v) is 15.0. The second-order valence-corrected chi connectivity index (χ2v) is 6.51. The van der Waals surface area contributed by atoms with Gasteiger partial charge in [-0.05, 0) is 18.4 Å². The van der Waals surface area contributed by atoms with Crippen molar-refractivity contribution in [1.29, 1.82) is 0 Å². The van der Waals surface area contributed by atoms with Crippen molar-refractivity contribution in [3.8, 4) is 0 Å². The highest BCUT2D eigenvalue weighted by Crippen LogP contribution is 2.31. The van der Waals surface area contributed by atoms with Crippen molar-refractivity contribution in [2.45, 2.75) is 31.5 Å². The van der Waals surface area contributed by atoms with Crippen LogP contribution >= 0.6 is 0 Å². The minimum absolute atomic E-state index is 0.205. The number of β-amino-alcohol motifs (C(OH)–C–C–N with tert-alkyl or cyclic N) is 1. The van der Waals surface area contributed by atoms with E-state index in [0.717, 1.165) is 18.5 Å². The van der Waals surface area contributed by atoms with Gasteiger partial charge < -0.3 is 24.6 Å². The summed E-state index contributed by atoms with van der Waals surface area (Å²) in [6.45, 7) is 2.49. The molecule has 1 fully saturated rings. The Kier molecular flexibility index (Phi) is 5.85. The molecule has 0 spiro atoms. The number of carbonyl (C=O) groups is 1. The standard InChI is InChI=1S/C18H25N5O3/c1-26-11-5-9-23-14-20-21-16(23)12-19-17(24)22-10-8-18(25,13-22)15-6-3-2-4-7-15/h2-4,6-7,14,25H,5,8-13H2,1H3,(H,19,24). The number of hydrogen-bond acceptors (Lipinski definition) is 5. The first-order valence-corrected chi connectivity index (χ1v) is 8.79. The van der Waals surface area contributed by atoms with E-state index in [4.69, 9.17) is 4.74 Å². The topological polar surface area (TPSA) is 92.5 Å². The maximum atomic E-state index is 12.5. The molecule has 3 rings (SSSR count). The number of urea groups is 1. The summed E-state index contributed by atoms with van der Waals surface area (Å²) in [5, 5.41) is 21.7. The van der Waals surface area contributed by atoms with Gasteiger partial charge in [-0.15, -0.1) is 10.2 Å². The van der Waals surface area contributed by atoms with Gasteiger partial charge >= 0.3 is 6.03 Å². The molecule has 140 valence electrons. The molecule has 0 aliphatic carbocycles. The minimum atomic E-state index is -0.987. The number of hydrogen-bond donors (Lipinski definition) is 2. The first kappa shape index (κ1) is 18.3. The average molecular weight is 359 g/mol. The number of amides is 2. The van der Waals surface area contributed by atoms with Crippen LogP contribution in [0.15, 0.2) is 36.7 Å². The summed E-state index contributed by atoms with van der Waals surface area (Å²) in [7, 11) is 1.67.